The Hall–Kier alpha value is -0.590. The highest BCUT2D eigenvalue weighted by molar-refractivity contribution is 5.93. The lowest BCUT2D eigenvalue weighted by atomic mass is 9.77. The van der Waals surface area contributed by atoms with E-state index in [4.69, 9.17) is 0 Å². The molecular weight excluding hydrogens is 172 g/mol. The predicted molar refractivity (Wildman–Crippen MR) is 58.1 cm³/mol. The molecule has 0 aromatic rings. The zero-order chi connectivity index (χ0) is 9.97. The van der Waals surface area contributed by atoms with Crippen molar-refractivity contribution in [3.63, 3.8) is 0 Å². The average Bonchev–Trinajstić information content (AvgIpc) is 2.65. The SMILES string of the molecule is CCC1CCC(C2=CC(=O)CC2)CC1. The molecule has 0 aromatic carbocycles. The zero-order valence-corrected chi connectivity index (χ0v) is 9.09. The highest BCUT2D eigenvalue weighted by Crippen LogP contribution is 2.37. The Morgan fingerprint density at radius 2 is 1.93 bits per heavy atom. The van der Waals surface area contributed by atoms with Gasteiger partial charge in [0.25, 0.3) is 0 Å². The van der Waals surface area contributed by atoms with Crippen LogP contribution in [0.2, 0.25) is 0 Å². The molecule has 1 fully saturated rings. The van der Waals surface area contributed by atoms with Crippen LogP contribution in [-0.2, 0) is 4.79 Å². The van der Waals surface area contributed by atoms with E-state index in [9.17, 15) is 4.79 Å². The van der Waals surface area contributed by atoms with Gasteiger partial charge in [0.1, 0.15) is 0 Å². The summed E-state index contributed by atoms with van der Waals surface area (Å²) in [5.74, 6) is 2.07. The van der Waals surface area contributed by atoms with Crippen molar-refractivity contribution >= 4 is 5.78 Å². The van der Waals surface area contributed by atoms with Crippen LogP contribution in [0.3, 0.4) is 0 Å². The lowest BCUT2D eigenvalue weighted by Gasteiger charge is -2.28. The summed E-state index contributed by atoms with van der Waals surface area (Å²) in [7, 11) is 0. The Bertz CT molecular complexity index is 244. The molecule has 1 nitrogen and oxygen atoms in total. The van der Waals surface area contributed by atoms with Crippen molar-refractivity contribution in [3.8, 4) is 0 Å². The first-order valence-corrected chi connectivity index (χ1v) is 6.03. The van der Waals surface area contributed by atoms with Gasteiger partial charge in [-0.05, 0) is 50.0 Å². The van der Waals surface area contributed by atoms with Crippen LogP contribution in [0.4, 0.5) is 0 Å². The predicted octanol–water partition coefficient (Wildman–Crippen LogP) is 3.49. The van der Waals surface area contributed by atoms with Crippen molar-refractivity contribution in [2.45, 2.75) is 51.9 Å². The topological polar surface area (TPSA) is 17.1 Å². The summed E-state index contributed by atoms with van der Waals surface area (Å²) in [4.78, 5) is 11.1. The van der Waals surface area contributed by atoms with Crippen molar-refractivity contribution in [2.75, 3.05) is 0 Å². The summed E-state index contributed by atoms with van der Waals surface area (Å²) in [5.41, 5.74) is 1.46. The van der Waals surface area contributed by atoms with E-state index in [1.165, 1.54) is 37.7 Å². The van der Waals surface area contributed by atoms with Gasteiger partial charge in [-0.2, -0.15) is 0 Å². The van der Waals surface area contributed by atoms with Gasteiger partial charge >= 0.3 is 0 Å². The van der Waals surface area contributed by atoms with Crippen LogP contribution < -0.4 is 0 Å². The van der Waals surface area contributed by atoms with E-state index >= 15 is 0 Å². The fraction of sp³-hybridized carbons (Fsp3) is 0.769. The van der Waals surface area contributed by atoms with Crippen LogP contribution in [0, 0.1) is 11.8 Å². The molecular formula is C13H20O. The average molecular weight is 192 g/mol. The number of ketones is 1. The molecule has 0 aliphatic heterocycles. The van der Waals surface area contributed by atoms with Crippen LogP contribution >= 0.6 is 0 Å². The van der Waals surface area contributed by atoms with Crippen molar-refractivity contribution in [2.24, 2.45) is 11.8 Å². The molecule has 1 saturated carbocycles. The summed E-state index contributed by atoms with van der Waals surface area (Å²) in [6, 6.07) is 0. The molecule has 14 heavy (non-hydrogen) atoms. The van der Waals surface area contributed by atoms with E-state index < -0.39 is 0 Å². The lowest BCUT2D eigenvalue weighted by Crippen LogP contribution is -2.15. The van der Waals surface area contributed by atoms with Crippen LogP contribution in [0.1, 0.15) is 51.9 Å². The van der Waals surface area contributed by atoms with Crippen molar-refractivity contribution in [3.05, 3.63) is 11.6 Å². The Labute approximate surface area is 86.6 Å². The van der Waals surface area contributed by atoms with Gasteiger partial charge in [0, 0.05) is 6.42 Å². The van der Waals surface area contributed by atoms with Gasteiger partial charge in [-0.25, -0.2) is 0 Å². The summed E-state index contributed by atoms with van der Waals surface area (Å²) in [6.45, 7) is 2.29. The van der Waals surface area contributed by atoms with Gasteiger partial charge in [0.2, 0.25) is 0 Å². The summed E-state index contributed by atoms with van der Waals surface area (Å²) in [5, 5.41) is 0. The third kappa shape index (κ3) is 2.08. The number of carbonyl (C=O) groups excluding carboxylic acids is 1. The van der Waals surface area contributed by atoms with Gasteiger partial charge < -0.3 is 0 Å². The van der Waals surface area contributed by atoms with E-state index in [1.807, 2.05) is 6.08 Å². The maximum atomic E-state index is 11.1. The number of hydrogen-bond donors (Lipinski definition) is 0. The minimum atomic E-state index is 0.359. The molecule has 0 saturated heterocycles. The molecule has 0 atom stereocenters. The molecule has 0 amide bonds. The van der Waals surface area contributed by atoms with E-state index in [0.29, 0.717) is 5.78 Å². The number of allylic oxidation sites excluding steroid dienone is 2. The molecule has 0 radical (unpaired) electrons. The summed E-state index contributed by atoms with van der Waals surface area (Å²) >= 11 is 0. The Kier molecular flexibility index (Phi) is 3.05. The van der Waals surface area contributed by atoms with Crippen molar-refractivity contribution in [1.29, 1.82) is 0 Å². The molecule has 78 valence electrons. The molecule has 0 N–H and O–H groups in total. The second kappa shape index (κ2) is 4.29. The smallest absolute Gasteiger partial charge is 0.155 e. The van der Waals surface area contributed by atoms with Gasteiger partial charge in [-0.1, -0.05) is 18.9 Å². The largest absolute Gasteiger partial charge is 0.295 e. The number of carbonyl (C=O) groups is 1. The second-order valence-electron chi connectivity index (χ2n) is 4.81. The van der Waals surface area contributed by atoms with Gasteiger partial charge in [-0.15, -0.1) is 0 Å². The van der Waals surface area contributed by atoms with Crippen LogP contribution in [0.15, 0.2) is 11.6 Å². The minimum absolute atomic E-state index is 0.359. The Balaban J connectivity index is 1.89. The molecule has 0 spiro atoms. The molecule has 2 aliphatic rings. The van der Waals surface area contributed by atoms with Gasteiger partial charge in [0.05, 0.1) is 0 Å². The normalized spacial score (nSPS) is 33.2. The number of hydrogen-bond acceptors (Lipinski definition) is 1. The third-order valence-corrected chi connectivity index (χ3v) is 3.95. The maximum Gasteiger partial charge on any atom is 0.155 e. The Morgan fingerprint density at radius 3 is 2.43 bits per heavy atom. The van der Waals surface area contributed by atoms with E-state index in [0.717, 1.165) is 24.7 Å². The van der Waals surface area contributed by atoms with Crippen molar-refractivity contribution in [1.82, 2.24) is 0 Å². The molecule has 2 aliphatic carbocycles. The highest BCUT2D eigenvalue weighted by atomic mass is 16.1. The molecule has 0 aromatic heterocycles. The van der Waals surface area contributed by atoms with E-state index in [-0.39, 0.29) is 0 Å². The van der Waals surface area contributed by atoms with Gasteiger partial charge in [-0.3, -0.25) is 4.79 Å². The molecule has 0 heterocycles. The minimum Gasteiger partial charge on any atom is -0.295 e. The third-order valence-electron chi connectivity index (χ3n) is 3.95. The molecule has 1 heteroatoms. The monoisotopic (exact) mass is 192 g/mol. The fourth-order valence-electron chi connectivity index (χ4n) is 2.88. The fourth-order valence-corrected chi connectivity index (χ4v) is 2.88. The van der Waals surface area contributed by atoms with Crippen LogP contribution in [0.5, 0.6) is 0 Å². The van der Waals surface area contributed by atoms with E-state index in [1.54, 1.807) is 0 Å². The van der Waals surface area contributed by atoms with E-state index in [2.05, 4.69) is 6.92 Å². The van der Waals surface area contributed by atoms with Crippen LogP contribution in [-0.4, -0.2) is 5.78 Å². The van der Waals surface area contributed by atoms with Gasteiger partial charge in [0.15, 0.2) is 5.78 Å². The number of rotatable bonds is 2. The molecule has 2 rings (SSSR count). The molecule has 0 bridgehead atoms. The maximum absolute atomic E-state index is 11.1. The zero-order valence-electron chi connectivity index (χ0n) is 9.09. The quantitative estimate of drug-likeness (QED) is 0.654. The van der Waals surface area contributed by atoms with Crippen molar-refractivity contribution < 1.29 is 4.79 Å². The molecule has 0 unspecified atom stereocenters. The summed E-state index contributed by atoms with van der Waals surface area (Å²) < 4.78 is 0. The standard InChI is InChI=1S/C13H20O/c1-2-10-3-5-11(6-4-10)12-7-8-13(14)9-12/h9-11H,2-8H2,1H3. The summed E-state index contributed by atoms with van der Waals surface area (Å²) in [6.07, 6.45) is 10.5. The Morgan fingerprint density at radius 1 is 1.21 bits per heavy atom. The first-order valence-electron chi connectivity index (χ1n) is 6.03. The highest BCUT2D eigenvalue weighted by Gasteiger charge is 2.25. The first kappa shape index (κ1) is 9.95. The first-order chi connectivity index (χ1) is 6.79. The second-order valence-corrected chi connectivity index (χ2v) is 4.81. The lowest BCUT2D eigenvalue weighted by molar-refractivity contribution is -0.114. The van der Waals surface area contributed by atoms with Crippen LogP contribution in [0.25, 0.3) is 0 Å².